The minimum Gasteiger partial charge on any atom is -0.467 e. The highest BCUT2D eigenvalue weighted by atomic mass is 16.5. The Kier molecular flexibility index (Phi) is 1.77. The number of carbonyl (C=O) groups is 1. The average molecular weight is 177 g/mol. The Morgan fingerprint density at radius 1 is 1.46 bits per heavy atom. The van der Waals surface area contributed by atoms with Crippen LogP contribution in [-0.4, -0.2) is 31.1 Å². The van der Waals surface area contributed by atoms with Crippen molar-refractivity contribution in [1.82, 2.24) is 0 Å². The van der Waals surface area contributed by atoms with Crippen LogP contribution < -0.4 is 0 Å². The maximum absolute atomic E-state index is 10.9. The summed E-state index contributed by atoms with van der Waals surface area (Å²) in [6.45, 7) is 0. The Hall–Kier alpha value is -1.78. The van der Waals surface area contributed by atoms with Gasteiger partial charge in [0.25, 0.3) is 5.91 Å². The van der Waals surface area contributed by atoms with Crippen molar-refractivity contribution in [2.24, 2.45) is 20.9 Å². The maximum atomic E-state index is 10.9. The molecule has 2 heterocycles. The van der Waals surface area contributed by atoms with Crippen molar-refractivity contribution in [2.75, 3.05) is 7.11 Å². The van der Waals surface area contributed by atoms with E-state index in [0.29, 0.717) is 5.84 Å². The van der Waals surface area contributed by atoms with Crippen LogP contribution in [0.25, 0.3) is 0 Å². The van der Waals surface area contributed by atoms with Gasteiger partial charge in [-0.05, 0) is 0 Å². The summed E-state index contributed by atoms with van der Waals surface area (Å²) < 4.78 is 4.81. The van der Waals surface area contributed by atoms with Crippen LogP contribution in [0.2, 0.25) is 0 Å². The highest BCUT2D eigenvalue weighted by Gasteiger charge is 2.20. The van der Waals surface area contributed by atoms with Gasteiger partial charge in [0.05, 0.1) is 13.0 Å². The first kappa shape index (κ1) is 7.85. The van der Waals surface area contributed by atoms with E-state index in [0.717, 1.165) is 0 Å². The third kappa shape index (κ3) is 1.40. The molecule has 0 aliphatic carbocycles. The van der Waals surface area contributed by atoms with Crippen LogP contribution in [0, 0.1) is 5.92 Å². The van der Waals surface area contributed by atoms with Gasteiger partial charge >= 0.3 is 6.02 Å². The molecule has 0 N–H and O–H groups in total. The van der Waals surface area contributed by atoms with Gasteiger partial charge in [-0.15, -0.1) is 0 Å². The second-order valence-electron chi connectivity index (χ2n) is 2.57. The van der Waals surface area contributed by atoms with Crippen molar-refractivity contribution >= 4 is 24.0 Å². The predicted octanol–water partition coefficient (Wildman–Crippen LogP) is 0.184. The van der Waals surface area contributed by atoms with Crippen molar-refractivity contribution in [2.45, 2.75) is 0 Å². The van der Waals surface area contributed by atoms with Crippen LogP contribution in [0.3, 0.4) is 0 Å². The number of hydrogen-bond donors (Lipinski definition) is 0. The molecule has 2 aliphatic rings. The van der Waals surface area contributed by atoms with Gasteiger partial charge in [0.1, 0.15) is 5.84 Å². The standard InChI is InChI=1S/C8H7N3O2/c1-13-8-9-4-5-2-3-6(12)10-7(5)11-8/h2-5H,1H3. The van der Waals surface area contributed by atoms with Crippen molar-refractivity contribution in [3.05, 3.63) is 12.2 Å². The molecule has 0 aromatic heterocycles. The lowest BCUT2D eigenvalue weighted by Crippen LogP contribution is -2.23. The highest BCUT2D eigenvalue weighted by molar-refractivity contribution is 6.16. The number of fused-ring (bicyclic) bond motifs is 1. The van der Waals surface area contributed by atoms with E-state index in [4.69, 9.17) is 4.74 Å². The zero-order valence-corrected chi connectivity index (χ0v) is 6.97. The number of carbonyl (C=O) groups excluding carboxylic acids is 1. The van der Waals surface area contributed by atoms with Gasteiger partial charge in [0, 0.05) is 12.3 Å². The zero-order chi connectivity index (χ0) is 9.26. The normalized spacial score (nSPS) is 25.0. The summed E-state index contributed by atoms with van der Waals surface area (Å²) in [6, 6.07) is 0.234. The number of methoxy groups -OCH3 is 1. The Labute approximate surface area is 74.6 Å². The second kappa shape index (κ2) is 2.93. The molecule has 0 saturated heterocycles. The third-order valence-corrected chi connectivity index (χ3v) is 1.71. The van der Waals surface area contributed by atoms with Crippen LogP contribution in [-0.2, 0) is 9.53 Å². The first-order valence-electron chi connectivity index (χ1n) is 3.77. The monoisotopic (exact) mass is 177 g/mol. The van der Waals surface area contributed by atoms with Gasteiger partial charge in [-0.25, -0.2) is 4.99 Å². The van der Waals surface area contributed by atoms with E-state index in [9.17, 15) is 4.79 Å². The van der Waals surface area contributed by atoms with E-state index in [1.165, 1.54) is 13.2 Å². The number of dihydropyridines is 1. The van der Waals surface area contributed by atoms with Crippen LogP contribution in [0.1, 0.15) is 0 Å². The maximum Gasteiger partial charge on any atom is 0.317 e. The SMILES string of the molecule is COC1=NC2=NC(=O)C=CC2C=N1. The van der Waals surface area contributed by atoms with Gasteiger partial charge < -0.3 is 4.74 Å². The number of aliphatic imine (C=N–C) groups is 3. The lowest BCUT2D eigenvalue weighted by molar-refractivity contribution is -0.113. The fourth-order valence-electron chi connectivity index (χ4n) is 1.08. The molecule has 13 heavy (non-hydrogen) atoms. The number of ether oxygens (including phenoxy) is 1. The first-order valence-corrected chi connectivity index (χ1v) is 3.77. The van der Waals surface area contributed by atoms with E-state index in [-0.39, 0.29) is 17.8 Å². The Morgan fingerprint density at radius 3 is 3.08 bits per heavy atom. The van der Waals surface area contributed by atoms with Crippen LogP contribution in [0.15, 0.2) is 27.1 Å². The lowest BCUT2D eigenvalue weighted by Gasteiger charge is -2.14. The summed E-state index contributed by atoms with van der Waals surface area (Å²) in [7, 11) is 1.47. The van der Waals surface area contributed by atoms with Gasteiger partial charge in [-0.1, -0.05) is 6.08 Å². The van der Waals surface area contributed by atoms with E-state index in [1.807, 2.05) is 0 Å². The molecule has 0 aromatic carbocycles. The first-order chi connectivity index (χ1) is 6.29. The highest BCUT2D eigenvalue weighted by Crippen LogP contribution is 2.11. The van der Waals surface area contributed by atoms with E-state index in [2.05, 4.69) is 15.0 Å². The molecule has 0 radical (unpaired) electrons. The smallest absolute Gasteiger partial charge is 0.317 e. The molecule has 66 valence electrons. The van der Waals surface area contributed by atoms with Crippen LogP contribution in [0.5, 0.6) is 0 Å². The lowest BCUT2D eigenvalue weighted by atomic mass is 10.1. The quantitative estimate of drug-likeness (QED) is 0.530. The molecule has 0 saturated carbocycles. The Bertz CT molecular complexity index is 366. The number of hydrogen-bond acceptors (Lipinski definition) is 4. The molecule has 0 fully saturated rings. The molecule has 1 atom stereocenters. The van der Waals surface area contributed by atoms with Crippen LogP contribution >= 0.6 is 0 Å². The van der Waals surface area contributed by atoms with Gasteiger partial charge in [0.2, 0.25) is 0 Å². The molecule has 1 amide bonds. The van der Waals surface area contributed by atoms with Crippen molar-refractivity contribution < 1.29 is 9.53 Å². The van der Waals surface area contributed by atoms with E-state index < -0.39 is 0 Å². The molecule has 0 spiro atoms. The van der Waals surface area contributed by atoms with Gasteiger partial charge in [0.15, 0.2) is 0 Å². The molecular formula is C8H7N3O2. The molecule has 1 unspecified atom stereocenters. The number of nitrogens with zero attached hydrogens (tertiary/aromatic N) is 3. The summed E-state index contributed by atoms with van der Waals surface area (Å²) in [5, 5.41) is 0. The summed E-state index contributed by atoms with van der Waals surface area (Å²) in [6.07, 6.45) is 4.77. The Morgan fingerprint density at radius 2 is 2.31 bits per heavy atom. The summed E-state index contributed by atoms with van der Waals surface area (Å²) >= 11 is 0. The third-order valence-electron chi connectivity index (χ3n) is 1.71. The molecule has 2 rings (SSSR count). The largest absolute Gasteiger partial charge is 0.467 e. The van der Waals surface area contributed by atoms with E-state index >= 15 is 0 Å². The fourth-order valence-corrected chi connectivity index (χ4v) is 1.08. The Balaban J connectivity index is 2.33. The summed E-state index contributed by atoms with van der Waals surface area (Å²) in [5.41, 5.74) is 0. The molecule has 0 aromatic rings. The van der Waals surface area contributed by atoms with Gasteiger partial charge in [-0.3, -0.25) is 4.79 Å². The van der Waals surface area contributed by atoms with Gasteiger partial charge in [-0.2, -0.15) is 9.98 Å². The zero-order valence-electron chi connectivity index (χ0n) is 6.97. The number of rotatable bonds is 0. The molecule has 5 nitrogen and oxygen atoms in total. The number of amidine groups is 2. The summed E-state index contributed by atoms with van der Waals surface area (Å²) in [5.74, 6) is 0.0664. The molecule has 5 heteroatoms. The predicted molar refractivity (Wildman–Crippen MR) is 48.0 cm³/mol. The summed E-state index contributed by atoms with van der Waals surface area (Å²) in [4.78, 5) is 22.5. The topological polar surface area (TPSA) is 63.4 Å². The van der Waals surface area contributed by atoms with Crippen molar-refractivity contribution in [1.29, 1.82) is 0 Å². The molecule has 2 aliphatic heterocycles. The van der Waals surface area contributed by atoms with Crippen molar-refractivity contribution in [3.8, 4) is 0 Å². The average Bonchev–Trinajstić information content (AvgIpc) is 2.16. The second-order valence-corrected chi connectivity index (χ2v) is 2.57. The van der Waals surface area contributed by atoms with Crippen LogP contribution in [0.4, 0.5) is 0 Å². The molecule has 0 bridgehead atoms. The number of amides is 1. The minimum absolute atomic E-state index is 0.0865. The minimum atomic E-state index is -0.291. The fraction of sp³-hybridized carbons (Fsp3) is 0.250. The van der Waals surface area contributed by atoms with E-state index in [1.54, 1.807) is 12.3 Å². The van der Waals surface area contributed by atoms with Crippen molar-refractivity contribution in [3.63, 3.8) is 0 Å². The molecular weight excluding hydrogens is 170 g/mol.